The van der Waals surface area contributed by atoms with E-state index < -0.39 is 6.29 Å². The molecule has 4 nitrogen and oxygen atoms in total. The number of rotatable bonds is 12. The van der Waals surface area contributed by atoms with Gasteiger partial charge in [-0.15, -0.1) is 0 Å². The second kappa shape index (κ2) is 11.2. The van der Waals surface area contributed by atoms with Crippen molar-refractivity contribution in [2.24, 2.45) is 17.8 Å². The first-order valence-electron chi connectivity index (χ1n) is 7.65. The molecule has 0 heterocycles. The van der Waals surface area contributed by atoms with Crippen molar-refractivity contribution in [1.82, 2.24) is 0 Å². The van der Waals surface area contributed by atoms with Gasteiger partial charge in [0.2, 0.25) is 0 Å². The zero-order valence-electron chi connectivity index (χ0n) is 13.9. The molecule has 0 aromatic carbocycles. The highest BCUT2D eigenvalue weighted by atomic mass is 16.7. The Balaban J connectivity index is 4.55. The fourth-order valence-corrected chi connectivity index (χ4v) is 1.51. The Bertz CT molecular complexity index is 227. The number of carbonyl (C=O) groups excluding carboxylic acids is 1. The molecule has 1 atom stereocenters. The molecule has 0 amide bonds. The van der Waals surface area contributed by atoms with Gasteiger partial charge >= 0.3 is 0 Å². The topological polar surface area (TPSA) is 44.8 Å². The maximum atomic E-state index is 10.8. The van der Waals surface area contributed by atoms with Crippen LogP contribution in [0.3, 0.4) is 0 Å². The van der Waals surface area contributed by atoms with Crippen molar-refractivity contribution in [3.8, 4) is 0 Å². The van der Waals surface area contributed by atoms with Crippen LogP contribution in [0.15, 0.2) is 0 Å². The minimum Gasteiger partial charge on any atom is -0.372 e. The Kier molecular flexibility index (Phi) is 11.0. The Morgan fingerprint density at radius 3 is 1.50 bits per heavy atom. The van der Waals surface area contributed by atoms with Crippen LogP contribution in [0.4, 0.5) is 0 Å². The van der Waals surface area contributed by atoms with Crippen molar-refractivity contribution in [2.75, 3.05) is 19.8 Å². The van der Waals surface area contributed by atoms with Crippen molar-refractivity contribution in [3.05, 3.63) is 0 Å². The Hall–Kier alpha value is -0.450. The van der Waals surface area contributed by atoms with E-state index in [2.05, 4.69) is 41.5 Å². The van der Waals surface area contributed by atoms with Gasteiger partial charge in [0, 0.05) is 13.0 Å². The minimum atomic E-state index is -0.469. The van der Waals surface area contributed by atoms with Crippen LogP contribution in [0.25, 0.3) is 0 Å². The normalized spacial score (nSPS) is 13.7. The smallest absolute Gasteiger partial charge is 0.184 e. The van der Waals surface area contributed by atoms with Crippen molar-refractivity contribution in [2.45, 2.75) is 60.4 Å². The van der Waals surface area contributed by atoms with Crippen LogP contribution >= 0.6 is 0 Å². The minimum absolute atomic E-state index is 0.299. The Labute approximate surface area is 124 Å². The van der Waals surface area contributed by atoms with Gasteiger partial charge in [-0.3, -0.25) is 0 Å². The molecular formula is C16H32O4. The van der Waals surface area contributed by atoms with E-state index in [0.29, 0.717) is 44.0 Å². The van der Waals surface area contributed by atoms with Crippen LogP contribution in [-0.2, 0) is 19.0 Å². The lowest BCUT2D eigenvalue weighted by Crippen LogP contribution is -2.37. The highest BCUT2D eigenvalue weighted by Gasteiger charge is 2.24. The molecule has 0 saturated heterocycles. The molecule has 0 aromatic heterocycles. The standard InChI is InChI=1S/C16H32O4/c1-12(2)9-18-15(7-8-17)16(19-10-13(3)4)20-11-14(5)6/h8,12-16H,7,9-11H2,1-6H3. The van der Waals surface area contributed by atoms with Gasteiger partial charge in [-0.1, -0.05) is 41.5 Å². The van der Waals surface area contributed by atoms with Crippen LogP contribution in [-0.4, -0.2) is 38.5 Å². The Morgan fingerprint density at radius 1 is 0.750 bits per heavy atom. The summed E-state index contributed by atoms with van der Waals surface area (Å²) in [5.41, 5.74) is 0. The maximum absolute atomic E-state index is 10.8. The first-order valence-corrected chi connectivity index (χ1v) is 7.65. The zero-order chi connectivity index (χ0) is 15.5. The molecule has 120 valence electrons. The molecule has 4 heteroatoms. The summed E-state index contributed by atoms with van der Waals surface area (Å²) in [5, 5.41) is 0. The van der Waals surface area contributed by atoms with Crippen molar-refractivity contribution in [3.63, 3.8) is 0 Å². The van der Waals surface area contributed by atoms with E-state index in [1.54, 1.807) is 0 Å². The molecule has 1 unspecified atom stereocenters. The molecule has 20 heavy (non-hydrogen) atoms. The fourth-order valence-electron chi connectivity index (χ4n) is 1.51. The van der Waals surface area contributed by atoms with E-state index in [-0.39, 0.29) is 6.10 Å². The van der Waals surface area contributed by atoms with Crippen LogP contribution < -0.4 is 0 Å². The summed E-state index contributed by atoms with van der Waals surface area (Å²) in [5.74, 6) is 1.25. The third kappa shape index (κ3) is 10.4. The molecule has 0 spiro atoms. The number of aldehydes is 1. The van der Waals surface area contributed by atoms with Gasteiger partial charge < -0.3 is 19.0 Å². The lowest BCUT2D eigenvalue weighted by molar-refractivity contribution is -0.216. The van der Waals surface area contributed by atoms with E-state index >= 15 is 0 Å². The van der Waals surface area contributed by atoms with E-state index in [9.17, 15) is 4.79 Å². The summed E-state index contributed by atoms with van der Waals surface area (Å²) in [6.45, 7) is 14.3. The van der Waals surface area contributed by atoms with Gasteiger partial charge in [-0.05, 0) is 17.8 Å². The average molecular weight is 288 g/mol. The van der Waals surface area contributed by atoms with E-state index in [1.807, 2.05) is 0 Å². The van der Waals surface area contributed by atoms with Gasteiger partial charge in [0.05, 0.1) is 13.2 Å². The van der Waals surface area contributed by atoms with Crippen molar-refractivity contribution >= 4 is 6.29 Å². The predicted molar refractivity (Wildman–Crippen MR) is 80.6 cm³/mol. The first-order chi connectivity index (χ1) is 9.36. The lowest BCUT2D eigenvalue weighted by atomic mass is 10.2. The summed E-state index contributed by atoms with van der Waals surface area (Å²) < 4.78 is 17.4. The summed E-state index contributed by atoms with van der Waals surface area (Å²) >= 11 is 0. The molecule has 0 aliphatic rings. The van der Waals surface area contributed by atoms with Crippen LogP contribution in [0.1, 0.15) is 48.0 Å². The number of carbonyl (C=O) groups is 1. The fraction of sp³-hybridized carbons (Fsp3) is 0.938. The third-order valence-corrected chi connectivity index (χ3v) is 2.46. The first kappa shape index (κ1) is 19.6. The summed E-state index contributed by atoms with van der Waals surface area (Å²) in [7, 11) is 0. The molecule has 0 aliphatic heterocycles. The number of hydrogen-bond acceptors (Lipinski definition) is 4. The highest BCUT2D eigenvalue weighted by molar-refractivity contribution is 5.50. The molecule has 0 aromatic rings. The summed E-state index contributed by atoms with van der Waals surface area (Å²) in [6.07, 6.45) is 0.374. The molecule has 0 rings (SSSR count). The molecule has 0 fully saturated rings. The average Bonchev–Trinajstić information content (AvgIpc) is 2.34. The summed E-state index contributed by atoms with van der Waals surface area (Å²) in [4.78, 5) is 10.8. The quantitative estimate of drug-likeness (QED) is 0.408. The predicted octanol–water partition coefficient (Wildman–Crippen LogP) is 3.29. The highest BCUT2D eigenvalue weighted by Crippen LogP contribution is 2.14. The summed E-state index contributed by atoms with van der Waals surface area (Å²) in [6, 6.07) is 0. The second-order valence-electron chi connectivity index (χ2n) is 6.49. The third-order valence-electron chi connectivity index (χ3n) is 2.46. The van der Waals surface area contributed by atoms with Crippen LogP contribution in [0, 0.1) is 17.8 Å². The molecule has 0 N–H and O–H groups in total. The lowest BCUT2D eigenvalue weighted by Gasteiger charge is -2.28. The van der Waals surface area contributed by atoms with Crippen molar-refractivity contribution < 1.29 is 19.0 Å². The van der Waals surface area contributed by atoms with Gasteiger partial charge in [-0.2, -0.15) is 0 Å². The van der Waals surface area contributed by atoms with Gasteiger partial charge in [-0.25, -0.2) is 0 Å². The van der Waals surface area contributed by atoms with Crippen molar-refractivity contribution in [1.29, 1.82) is 0 Å². The largest absolute Gasteiger partial charge is 0.372 e. The molecule has 0 aliphatic carbocycles. The maximum Gasteiger partial charge on any atom is 0.184 e. The number of hydrogen-bond donors (Lipinski definition) is 0. The Morgan fingerprint density at radius 2 is 1.15 bits per heavy atom. The van der Waals surface area contributed by atoms with Gasteiger partial charge in [0.25, 0.3) is 0 Å². The van der Waals surface area contributed by atoms with E-state index in [4.69, 9.17) is 14.2 Å². The van der Waals surface area contributed by atoms with E-state index in [1.165, 1.54) is 0 Å². The van der Waals surface area contributed by atoms with E-state index in [0.717, 1.165) is 6.29 Å². The van der Waals surface area contributed by atoms with Crippen LogP contribution in [0.5, 0.6) is 0 Å². The molecular weight excluding hydrogens is 256 g/mol. The number of ether oxygens (including phenoxy) is 3. The van der Waals surface area contributed by atoms with Gasteiger partial charge in [0.1, 0.15) is 12.4 Å². The molecule has 0 bridgehead atoms. The van der Waals surface area contributed by atoms with Gasteiger partial charge in [0.15, 0.2) is 6.29 Å². The molecule has 0 radical (unpaired) electrons. The molecule has 0 saturated carbocycles. The van der Waals surface area contributed by atoms with Crippen LogP contribution in [0.2, 0.25) is 0 Å². The zero-order valence-corrected chi connectivity index (χ0v) is 13.9. The SMILES string of the molecule is CC(C)COC(CC=O)C(OCC(C)C)OCC(C)C. The monoisotopic (exact) mass is 288 g/mol. The second-order valence-corrected chi connectivity index (χ2v) is 6.49.